The van der Waals surface area contributed by atoms with Crippen molar-refractivity contribution in [2.75, 3.05) is 5.01 Å². The van der Waals surface area contributed by atoms with Gasteiger partial charge in [0, 0.05) is 12.8 Å². The van der Waals surface area contributed by atoms with E-state index in [1.165, 1.54) is 10.6 Å². The summed E-state index contributed by atoms with van der Waals surface area (Å²) >= 11 is 0. The maximum absolute atomic E-state index is 11.8. The minimum Gasteiger partial charge on any atom is -0.364 e. The molecule has 0 radical (unpaired) electrons. The van der Waals surface area contributed by atoms with Gasteiger partial charge in [0.25, 0.3) is 5.91 Å². The van der Waals surface area contributed by atoms with Gasteiger partial charge < -0.3 is 5.73 Å². The Kier molecular flexibility index (Phi) is 3.64. The summed E-state index contributed by atoms with van der Waals surface area (Å²) < 4.78 is 0. The minimum absolute atomic E-state index is 0.123. The van der Waals surface area contributed by atoms with E-state index in [0.717, 1.165) is 0 Å². The summed E-state index contributed by atoms with van der Waals surface area (Å²) in [7, 11) is 0. The number of benzene rings is 1. The summed E-state index contributed by atoms with van der Waals surface area (Å²) in [5, 5.41) is 5.29. The molecule has 0 aromatic heterocycles. The molecule has 1 aliphatic rings. The van der Waals surface area contributed by atoms with Crippen LogP contribution in [0.1, 0.15) is 38.2 Å². The normalized spacial score (nSPS) is 15.6. The van der Waals surface area contributed by atoms with Crippen molar-refractivity contribution in [1.82, 2.24) is 0 Å². The van der Waals surface area contributed by atoms with Gasteiger partial charge in [-0.05, 0) is 23.6 Å². The monoisotopic (exact) mass is 259 g/mol. The Morgan fingerprint density at radius 3 is 2.42 bits per heavy atom. The third-order valence-electron chi connectivity index (χ3n) is 3.12. The topological polar surface area (TPSA) is 75.8 Å². The van der Waals surface area contributed by atoms with Gasteiger partial charge in [0.2, 0.25) is 5.91 Å². The van der Waals surface area contributed by atoms with Crippen LogP contribution in [0, 0.1) is 0 Å². The molecule has 2 rings (SSSR count). The molecular weight excluding hydrogens is 242 g/mol. The molecule has 0 saturated heterocycles. The Hall–Kier alpha value is -2.17. The molecule has 0 saturated carbocycles. The average Bonchev–Trinajstić information content (AvgIpc) is 2.39. The number of anilines is 1. The highest BCUT2D eigenvalue weighted by Gasteiger charge is 2.24. The molecule has 0 fully saturated rings. The maximum atomic E-state index is 11.8. The summed E-state index contributed by atoms with van der Waals surface area (Å²) in [4.78, 5) is 23.0. The second kappa shape index (κ2) is 5.22. The lowest BCUT2D eigenvalue weighted by Crippen LogP contribution is -2.36. The van der Waals surface area contributed by atoms with Gasteiger partial charge in [-0.1, -0.05) is 26.0 Å². The Balaban J connectivity index is 2.31. The lowest BCUT2D eigenvalue weighted by atomic mass is 10.0. The molecule has 0 spiro atoms. The Labute approximate surface area is 112 Å². The third-order valence-corrected chi connectivity index (χ3v) is 3.12. The minimum atomic E-state index is -0.573. The van der Waals surface area contributed by atoms with Crippen molar-refractivity contribution in [2.24, 2.45) is 10.8 Å². The van der Waals surface area contributed by atoms with Crippen molar-refractivity contribution >= 4 is 23.2 Å². The van der Waals surface area contributed by atoms with E-state index in [1.54, 1.807) is 0 Å². The Bertz CT molecular complexity index is 532. The zero-order valence-electron chi connectivity index (χ0n) is 11.1. The van der Waals surface area contributed by atoms with Crippen LogP contribution in [0.2, 0.25) is 0 Å². The molecule has 0 atom stereocenters. The molecule has 0 bridgehead atoms. The fraction of sp³-hybridized carbons (Fsp3) is 0.357. The Morgan fingerprint density at radius 1 is 1.26 bits per heavy atom. The molecule has 2 N–H and O–H groups in total. The van der Waals surface area contributed by atoms with Crippen LogP contribution in [0.5, 0.6) is 0 Å². The van der Waals surface area contributed by atoms with E-state index in [9.17, 15) is 9.59 Å². The molecule has 19 heavy (non-hydrogen) atoms. The third kappa shape index (κ3) is 2.81. The lowest BCUT2D eigenvalue weighted by Gasteiger charge is -2.22. The smallest absolute Gasteiger partial charge is 0.264 e. The molecular formula is C14H17N3O2. The number of amides is 2. The summed E-state index contributed by atoms with van der Waals surface area (Å²) in [5.41, 5.74) is 7.30. The van der Waals surface area contributed by atoms with E-state index in [-0.39, 0.29) is 18.0 Å². The van der Waals surface area contributed by atoms with Gasteiger partial charge in [-0.25, -0.2) is 5.01 Å². The van der Waals surface area contributed by atoms with Crippen LogP contribution in [0.3, 0.4) is 0 Å². The first kappa shape index (κ1) is 13.3. The predicted octanol–water partition coefficient (Wildman–Crippen LogP) is 1.78. The van der Waals surface area contributed by atoms with Crippen molar-refractivity contribution in [1.29, 1.82) is 0 Å². The first-order chi connectivity index (χ1) is 8.99. The maximum Gasteiger partial charge on any atom is 0.264 e. The number of carbonyl (C=O) groups is 2. The van der Waals surface area contributed by atoms with Crippen molar-refractivity contribution in [3.63, 3.8) is 0 Å². The number of hydrazone groups is 1. The summed E-state index contributed by atoms with van der Waals surface area (Å²) in [5.74, 6) is -0.269. The SMILES string of the molecule is CC(C)c1ccc(N2N=C(C(N)=O)CCC2=O)cc1. The number of hydrogen-bond donors (Lipinski definition) is 1. The van der Waals surface area contributed by atoms with Gasteiger partial charge in [-0.2, -0.15) is 5.10 Å². The molecule has 0 aliphatic carbocycles. The van der Waals surface area contributed by atoms with Crippen LogP contribution in [0.25, 0.3) is 0 Å². The van der Waals surface area contributed by atoms with Crippen LogP contribution >= 0.6 is 0 Å². The quantitative estimate of drug-likeness (QED) is 0.898. The number of primary amides is 1. The Morgan fingerprint density at radius 2 is 1.89 bits per heavy atom. The number of nitrogens with zero attached hydrogens (tertiary/aromatic N) is 2. The summed E-state index contributed by atoms with van der Waals surface area (Å²) in [6.07, 6.45) is 0.572. The van der Waals surface area contributed by atoms with E-state index in [2.05, 4.69) is 18.9 Å². The fourth-order valence-corrected chi connectivity index (χ4v) is 1.93. The molecule has 100 valence electrons. The van der Waals surface area contributed by atoms with E-state index in [1.807, 2.05) is 24.3 Å². The number of hydrogen-bond acceptors (Lipinski definition) is 3. The highest BCUT2D eigenvalue weighted by atomic mass is 16.2. The number of carbonyl (C=O) groups excluding carboxylic acids is 2. The van der Waals surface area contributed by atoms with Gasteiger partial charge in [0.05, 0.1) is 5.69 Å². The van der Waals surface area contributed by atoms with Crippen molar-refractivity contribution < 1.29 is 9.59 Å². The van der Waals surface area contributed by atoms with Crippen LogP contribution in [-0.2, 0) is 9.59 Å². The van der Waals surface area contributed by atoms with E-state index in [4.69, 9.17) is 5.73 Å². The molecule has 1 aliphatic heterocycles. The molecule has 1 aromatic rings. The first-order valence-electron chi connectivity index (χ1n) is 6.29. The van der Waals surface area contributed by atoms with Gasteiger partial charge in [-0.15, -0.1) is 0 Å². The predicted molar refractivity (Wildman–Crippen MR) is 73.9 cm³/mol. The van der Waals surface area contributed by atoms with Crippen LogP contribution in [0.4, 0.5) is 5.69 Å². The van der Waals surface area contributed by atoms with E-state index in [0.29, 0.717) is 18.0 Å². The van der Waals surface area contributed by atoms with Gasteiger partial charge in [-0.3, -0.25) is 9.59 Å². The highest BCUT2D eigenvalue weighted by molar-refractivity contribution is 6.39. The molecule has 5 nitrogen and oxygen atoms in total. The van der Waals surface area contributed by atoms with Crippen molar-refractivity contribution in [3.8, 4) is 0 Å². The average molecular weight is 259 g/mol. The number of rotatable bonds is 3. The molecule has 5 heteroatoms. The zero-order valence-corrected chi connectivity index (χ0v) is 11.1. The van der Waals surface area contributed by atoms with Gasteiger partial charge in [0.15, 0.2) is 0 Å². The van der Waals surface area contributed by atoms with Gasteiger partial charge in [0.1, 0.15) is 5.71 Å². The zero-order chi connectivity index (χ0) is 14.0. The summed E-state index contributed by atoms with van der Waals surface area (Å²) in [6, 6.07) is 7.59. The fourth-order valence-electron chi connectivity index (χ4n) is 1.93. The highest BCUT2D eigenvalue weighted by Crippen LogP contribution is 2.23. The number of nitrogens with two attached hydrogens (primary N) is 1. The molecule has 0 unspecified atom stereocenters. The van der Waals surface area contributed by atoms with E-state index < -0.39 is 5.91 Å². The van der Waals surface area contributed by atoms with Crippen LogP contribution < -0.4 is 10.7 Å². The van der Waals surface area contributed by atoms with Crippen LogP contribution in [-0.4, -0.2) is 17.5 Å². The largest absolute Gasteiger partial charge is 0.364 e. The van der Waals surface area contributed by atoms with Gasteiger partial charge >= 0.3 is 0 Å². The second-order valence-electron chi connectivity index (χ2n) is 4.86. The molecule has 1 aromatic carbocycles. The van der Waals surface area contributed by atoms with Crippen molar-refractivity contribution in [3.05, 3.63) is 29.8 Å². The lowest BCUT2D eigenvalue weighted by molar-refractivity contribution is -0.118. The molecule has 2 amide bonds. The molecule has 1 heterocycles. The first-order valence-corrected chi connectivity index (χ1v) is 6.29. The van der Waals surface area contributed by atoms with Crippen LogP contribution in [0.15, 0.2) is 29.4 Å². The standard InChI is InChI=1S/C14H17N3O2/c1-9(2)10-3-5-11(6-4-10)17-13(18)8-7-12(16-17)14(15)19/h3-6,9H,7-8H2,1-2H3,(H2,15,19). The summed E-state index contributed by atoms with van der Waals surface area (Å²) in [6.45, 7) is 4.20. The van der Waals surface area contributed by atoms with Crippen molar-refractivity contribution in [2.45, 2.75) is 32.6 Å². The second-order valence-corrected chi connectivity index (χ2v) is 4.86. The van der Waals surface area contributed by atoms with E-state index >= 15 is 0 Å².